The lowest BCUT2D eigenvalue weighted by molar-refractivity contribution is -0.158. The van der Waals surface area contributed by atoms with Gasteiger partial charge in [-0.2, -0.15) is 0 Å². The Morgan fingerprint density at radius 3 is 2.67 bits per heavy atom. The van der Waals surface area contributed by atoms with Crippen molar-refractivity contribution in [2.75, 3.05) is 12.3 Å². The summed E-state index contributed by atoms with van der Waals surface area (Å²) in [6.07, 6.45) is 2.11. The van der Waals surface area contributed by atoms with Gasteiger partial charge in [0.25, 0.3) is 0 Å². The predicted molar refractivity (Wildman–Crippen MR) is 88.7 cm³/mol. The van der Waals surface area contributed by atoms with E-state index < -0.39 is 29.2 Å². The maximum Gasteiger partial charge on any atom is 0.411 e. The number of nitrogens with zero attached hydrogens (tertiary/aromatic N) is 2. The van der Waals surface area contributed by atoms with Crippen LogP contribution in [0.1, 0.15) is 46.5 Å². The summed E-state index contributed by atoms with van der Waals surface area (Å²) < 4.78 is 5.48. The molecule has 8 heteroatoms. The number of thioether (sulfide) groups is 1. The normalized spacial score (nSPS) is 33.0. The molecule has 0 aromatic rings. The van der Waals surface area contributed by atoms with Crippen molar-refractivity contribution < 1.29 is 24.2 Å². The highest BCUT2D eigenvalue weighted by Gasteiger charge is 2.59. The third-order valence-corrected chi connectivity index (χ3v) is 6.27. The first-order valence-corrected chi connectivity index (χ1v) is 9.38. The summed E-state index contributed by atoms with van der Waals surface area (Å²) in [5, 5.41) is 9.32. The Kier molecular flexibility index (Phi) is 4.22. The summed E-state index contributed by atoms with van der Waals surface area (Å²) in [5.74, 6) is -0.787. The lowest BCUT2D eigenvalue weighted by atomic mass is 9.84. The van der Waals surface area contributed by atoms with Gasteiger partial charge in [0, 0.05) is 12.3 Å². The minimum atomic E-state index is -0.975. The van der Waals surface area contributed by atoms with Crippen LogP contribution >= 0.6 is 11.8 Å². The highest BCUT2D eigenvalue weighted by atomic mass is 32.2. The van der Waals surface area contributed by atoms with Crippen LogP contribution in [-0.4, -0.2) is 67.7 Å². The molecule has 1 spiro atoms. The molecule has 3 aliphatic rings. The second-order valence-electron chi connectivity index (χ2n) is 7.66. The van der Waals surface area contributed by atoms with Crippen LogP contribution < -0.4 is 0 Å². The maximum absolute atomic E-state index is 13.2. The number of carbonyl (C=O) groups excluding carboxylic acids is 2. The highest BCUT2D eigenvalue weighted by molar-refractivity contribution is 8.00. The van der Waals surface area contributed by atoms with Gasteiger partial charge in [0.2, 0.25) is 5.91 Å². The molecule has 0 saturated carbocycles. The predicted octanol–water partition coefficient (Wildman–Crippen LogP) is 1.90. The molecular weight excluding hydrogens is 332 g/mol. The fourth-order valence-corrected chi connectivity index (χ4v) is 5.30. The lowest BCUT2D eigenvalue weighted by Crippen LogP contribution is -2.64. The topological polar surface area (TPSA) is 87.2 Å². The largest absolute Gasteiger partial charge is 0.480 e. The highest BCUT2D eigenvalue weighted by Crippen LogP contribution is 2.46. The molecule has 1 N–H and O–H groups in total. The molecule has 7 nitrogen and oxygen atoms in total. The Hall–Kier alpha value is -1.44. The molecule has 3 aliphatic heterocycles. The first-order valence-electron chi connectivity index (χ1n) is 8.33. The number of rotatable bonds is 1. The summed E-state index contributed by atoms with van der Waals surface area (Å²) >= 11 is 1.52. The van der Waals surface area contributed by atoms with Crippen molar-refractivity contribution in [1.29, 1.82) is 0 Å². The molecule has 2 unspecified atom stereocenters. The number of hydrogen-bond donors (Lipinski definition) is 1. The van der Waals surface area contributed by atoms with Crippen molar-refractivity contribution in [3.05, 3.63) is 0 Å². The fraction of sp³-hybridized carbons (Fsp3) is 0.812. The molecule has 0 aromatic heterocycles. The molecular formula is C16H24N2O5S. The molecule has 0 aromatic carbocycles. The number of aliphatic carboxylic acids is 1. The van der Waals surface area contributed by atoms with E-state index in [0.29, 0.717) is 31.6 Å². The summed E-state index contributed by atoms with van der Waals surface area (Å²) in [5.41, 5.74) is -1.56. The van der Waals surface area contributed by atoms with E-state index in [1.54, 1.807) is 25.7 Å². The van der Waals surface area contributed by atoms with Gasteiger partial charge in [-0.25, -0.2) is 9.59 Å². The van der Waals surface area contributed by atoms with Crippen molar-refractivity contribution in [3.63, 3.8) is 0 Å². The summed E-state index contributed by atoms with van der Waals surface area (Å²) in [4.78, 5) is 40.4. The van der Waals surface area contributed by atoms with Crippen LogP contribution in [0.5, 0.6) is 0 Å². The third kappa shape index (κ3) is 2.74. The summed E-state index contributed by atoms with van der Waals surface area (Å²) in [6.45, 7) is 5.86. The number of carboxylic acid groups (broad SMARTS) is 1. The van der Waals surface area contributed by atoms with Crippen LogP contribution in [0.2, 0.25) is 0 Å². The Bertz CT molecular complexity index is 575. The molecule has 3 rings (SSSR count). The van der Waals surface area contributed by atoms with E-state index in [-0.39, 0.29) is 11.3 Å². The Morgan fingerprint density at radius 1 is 1.33 bits per heavy atom. The van der Waals surface area contributed by atoms with Gasteiger partial charge in [0.15, 0.2) is 0 Å². The molecule has 0 aliphatic carbocycles. The average molecular weight is 356 g/mol. The van der Waals surface area contributed by atoms with Gasteiger partial charge in [-0.3, -0.25) is 9.69 Å². The van der Waals surface area contributed by atoms with Crippen LogP contribution in [0.3, 0.4) is 0 Å². The monoisotopic (exact) mass is 356 g/mol. The SMILES string of the molecule is CC(C)(C)OC(=O)N1CCC[C@]12CCC1SCC(C(=O)O)N1C2=O. The van der Waals surface area contributed by atoms with Crippen molar-refractivity contribution in [2.24, 2.45) is 0 Å². The number of likely N-dealkylation sites (tertiary alicyclic amines) is 1. The zero-order valence-corrected chi connectivity index (χ0v) is 15.1. The van der Waals surface area contributed by atoms with Crippen LogP contribution in [0.4, 0.5) is 4.79 Å². The van der Waals surface area contributed by atoms with Crippen LogP contribution in [-0.2, 0) is 14.3 Å². The van der Waals surface area contributed by atoms with Crippen molar-refractivity contribution >= 4 is 29.7 Å². The van der Waals surface area contributed by atoms with Gasteiger partial charge in [-0.15, -0.1) is 11.8 Å². The molecule has 24 heavy (non-hydrogen) atoms. The van der Waals surface area contributed by atoms with Crippen molar-refractivity contribution in [2.45, 2.75) is 69.0 Å². The first kappa shape index (κ1) is 17.4. The number of amides is 2. The fourth-order valence-electron chi connectivity index (χ4n) is 3.90. The number of ether oxygens (including phenoxy) is 1. The average Bonchev–Trinajstić information content (AvgIpc) is 3.06. The number of hydrogen-bond acceptors (Lipinski definition) is 5. The Labute approximate surface area is 145 Å². The standard InChI is InChI=1S/C16H24N2O5S/c1-15(2,3)23-14(22)17-8-4-6-16(17)7-5-11-18(13(16)21)10(9-24-11)12(19)20/h10-11H,4-9H2,1-3H3,(H,19,20)/t10?,11?,16-/m1/s1. The van der Waals surface area contributed by atoms with E-state index in [9.17, 15) is 19.5 Å². The quantitative estimate of drug-likeness (QED) is 0.772. The van der Waals surface area contributed by atoms with Gasteiger partial charge in [-0.05, 0) is 46.5 Å². The van der Waals surface area contributed by atoms with E-state index in [0.717, 1.165) is 6.42 Å². The zero-order chi connectivity index (χ0) is 17.7. The number of piperidine rings is 1. The van der Waals surface area contributed by atoms with Gasteiger partial charge in [0.1, 0.15) is 17.2 Å². The lowest BCUT2D eigenvalue weighted by Gasteiger charge is -2.46. The van der Waals surface area contributed by atoms with E-state index in [1.165, 1.54) is 16.7 Å². The van der Waals surface area contributed by atoms with Gasteiger partial charge < -0.3 is 14.7 Å². The number of carboxylic acids is 1. The molecule has 0 radical (unpaired) electrons. The van der Waals surface area contributed by atoms with Crippen molar-refractivity contribution in [3.8, 4) is 0 Å². The second kappa shape index (κ2) is 5.82. The molecule has 3 fully saturated rings. The van der Waals surface area contributed by atoms with Crippen LogP contribution in [0, 0.1) is 0 Å². The van der Waals surface area contributed by atoms with Gasteiger partial charge in [0.05, 0.1) is 5.37 Å². The van der Waals surface area contributed by atoms with E-state index in [1.807, 2.05) is 0 Å². The zero-order valence-electron chi connectivity index (χ0n) is 14.3. The minimum Gasteiger partial charge on any atom is -0.480 e. The van der Waals surface area contributed by atoms with E-state index in [4.69, 9.17) is 4.74 Å². The molecule has 3 saturated heterocycles. The van der Waals surface area contributed by atoms with E-state index in [2.05, 4.69) is 0 Å². The van der Waals surface area contributed by atoms with E-state index >= 15 is 0 Å². The summed E-state index contributed by atoms with van der Waals surface area (Å²) in [6, 6.07) is -0.800. The molecule has 134 valence electrons. The third-order valence-electron chi connectivity index (χ3n) is 4.92. The minimum absolute atomic E-state index is 0.0923. The Morgan fingerprint density at radius 2 is 2.04 bits per heavy atom. The van der Waals surface area contributed by atoms with Crippen LogP contribution in [0.15, 0.2) is 0 Å². The van der Waals surface area contributed by atoms with Gasteiger partial charge >= 0.3 is 12.1 Å². The van der Waals surface area contributed by atoms with Crippen molar-refractivity contribution in [1.82, 2.24) is 9.80 Å². The van der Waals surface area contributed by atoms with Gasteiger partial charge in [-0.1, -0.05) is 0 Å². The molecule has 3 atom stereocenters. The number of carbonyl (C=O) groups is 3. The second-order valence-corrected chi connectivity index (χ2v) is 8.87. The summed E-state index contributed by atoms with van der Waals surface area (Å²) in [7, 11) is 0. The maximum atomic E-state index is 13.2. The first-order chi connectivity index (χ1) is 11.2. The van der Waals surface area contributed by atoms with Crippen LogP contribution in [0.25, 0.3) is 0 Å². The Balaban J connectivity index is 1.87. The molecule has 0 bridgehead atoms. The smallest absolute Gasteiger partial charge is 0.411 e. The molecule has 3 heterocycles. The molecule has 2 amide bonds. The number of fused-ring (bicyclic) bond motifs is 1.